The number of hydrogen-bond donors (Lipinski definition) is 0. The minimum atomic E-state index is -3.62. The Morgan fingerprint density at radius 2 is 2.10 bits per heavy atom. The third kappa shape index (κ3) is 6.97. The van der Waals surface area contributed by atoms with Gasteiger partial charge < -0.3 is 4.62 Å². The number of hydrogen-bond acceptors (Lipinski definition) is 3. The van der Waals surface area contributed by atoms with E-state index in [0.717, 1.165) is 0 Å². The predicted molar refractivity (Wildman–Crippen MR) is 44.4 cm³/mol. The summed E-state index contributed by atoms with van der Waals surface area (Å²) in [5.41, 5.74) is 0. The molecule has 0 rings (SSSR count). The van der Waals surface area contributed by atoms with Gasteiger partial charge in [0, 0.05) is 22.5 Å². The van der Waals surface area contributed by atoms with Crippen LogP contribution in [0, 0.1) is 0 Å². The van der Waals surface area contributed by atoms with Crippen LogP contribution in [0.25, 0.3) is 0 Å². The molecule has 0 atom stereocenters. The molecule has 0 heterocycles. The summed E-state index contributed by atoms with van der Waals surface area (Å²) < 4.78 is 14.4. The Kier molecular flexibility index (Phi) is 5.08. The Morgan fingerprint density at radius 3 is 2.40 bits per heavy atom. The summed E-state index contributed by atoms with van der Waals surface area (Å²) in [7, 11) is 0. The van der Waals surface area contributed by atoms with Crippen LogP contribution in [0.2, 0.25) is 0 Å². The number of alkyl halides is 1. The van der Waals surface area contributed by atoms with Crippen molar-refractivity contribution < 1.29 is 9.19 Å². The van der Waals surface area contributed by atoms with Crippen molar-refractivity contribution in [2.45, 2.75) is 0 Å². The van der Waals surface area contributed by atoms with E-state index in [0.29, 0.717) is 0 Å². The zero-order valence-corrected chi connectivity index (χ0v) is 8.35. The van der Waals surface area contributed by atoms with Crippen LogP contribution in [0.4, 0.5) is 0 Å². The van der Waals surface area contributed by atoms with Gasteiger partial charge in [0.1, 0.15) is 0 Å². The van der Waals surface area contributed by atoms with Gasteiger partial charge in [-0.05, 0) is 0 Å². The van der Waals surface area contributed by atoms with Crippen molar-refractivity contribution in [1.29, 1.82) is 0 Å². The van der Waals surface area contributed by atoms with E-state index < -0.39 is 6.07 Å². The predicted octanol–water partition coefficient (Wildman–Crippen LogP) is 3.38. The van der Waals surface area contributed by atoms with E-state index in [1.165, 1.54) is 0 Å². The zero-order chi connectivity index (χ0) is 8.20. The van der Waals surface area contributed by atoms with Crippen molar-refractivity contribution in [3.8, 4) is 0 Å². The van der Waals surface area contributed by atoms with Crippen LogP contribution in [-0.2, 0) is 9.19 Å². The second-order valence-corrected chi connectivity index (χ2v) is 5.98. The summed E-state index contributed by atoms with van der Waals surface area (Å²) in [6, 6.07) is 0. The third-order valence-electron chi connectivity index (χ3n) is 0.345. The van der Waals surface area contributed by atoms with Crippen molar-refractivity contribution in [1.82, 2.24) is 0 Å². The first kappa shape index (κ1) is 10.9. The second-order valence-electron chi connectivity index (χ2n) is 1.10. The van der Waals surface area contributed by atoms with Gasteiger partial charge in [-0.25, -0.2) is 4.57 Å². The van der Waals surface area contributed by atoms with Gasteiger partial charge >= 0.3 is 6.07 Å². The first-order valence-corrected chi connectivity index (χ1v) is 6.27. The van der Waals surface area contributed by atoms with Crippen molar-refractivity contribution in [2.24, 2.45) is 5.16 Å². The van der Waals surface area contributed by atoms with Crippen LogP contribution in [0.15, 0.2) is 5.16 Å². The van der Waals surface area contributed by atoms with E-state index in [1.54, 1.807) is 0 Å². The molecule has 0 aliphatic heterocycles. The molecule has 0 fully saturated rings. The molecule has 0 N–H and O–H groups in total. The van der Waals surface area contributed by atoms with E-state index in [1.807, 2.05) is 0 Å². The Labute approximate surface area is 77.2 Å². The number of oxime groups is 1. The summed E-state index contributed by atoms with van der Waals surface area (Å²) in [5.74, 6) is -0.0463. The molecule has 0 bridgehead atoms. The summed E-state index contributed by atoms with van der Waals surface area (Å²) >= 11 is 20.2. The normalized spacial score (nSPS) is 13.4. The highest BCUT2D eigenvalue weighted by Crippen LogP contribution is 2.57. The molecule has 0 aromatic carbocycles. The van der Waals surface area contributed by atoms with E-state index in [4.69, 9.17) is 45.7 Å². The molecule has 3 nitrogen and oxygen atoms in total. The molecule has 0 saturated carbocycles. The minimum Gasteiger partial charge on any atom is -0.310 e. The fraction of sp³-hybridized carbons (Fsp3) is 0.500. The fourth-order valence-electron chi connectivity index (χ4n) is 0.116. The maximum absolute atomic E-state index is 10.3. The van der Waals surface area contributed by atoms with Gasteiger partial charge in [0.05, 0.1) is 5.88 Å². The molecule has 10 heavy (non-hydrogen) atoms. The third-order valence-corrected chi connectivity index (χ3v) is 1.58. The summed E-state index contributed by atoms with van der Waals surface area (Å²) in [6.07, 6.45) is -3.62. The van der Waals surface area contributed by atoms with Gasteiger partial charge in [-0.2, -0.15) is 0 Å². The lowest BCUT2D eigenvalue weighted by atomic mass is 10.9. The molecule has 0 aliphatic rings. The molecule has 0 aromatic heterocycles. The lowest BCUT2D eigenvalue weighted by Crippen LogP contribution is -1.87. The maximum Gasteiger partial charge on any atom is 0.447 e. The SMILES string of the molecule is O=P(Cl)(Cl)ON=C(Cl)CCl. The maximum atomic E-state index is 10.3. The largest absolute Gasteiger partial charge is 0.447 e. The molecule has 8 heteroatoms. The van der Waals surface area contributed by atoms with E-state index in [9.17, 15) is 4.57 Å². The number of halogens is 4. The molecular formula is C2H2Cl4NO2P. The van der Waals surface area contributed by atoms with Gasteiger partial charge in [-0.15, -0.1) is 11.6 Å². The van der Waals surface area contributed by atoms with Crippen molar-refractivity contribution in [3.63, 3.8) is 0 Å². The molecular weight excluding hydrogens is 243 g/mol. The topological polar surface area (TPSA) is 38.7 Å². The highest BCUT2D eigenvalue weighted by Gasteiger charge is 2.14. The molecule has 0 amide bonds. The van der Waals surface area contributed by atoms with Crippen molar-refractivity contribution >= 4 is 56.9 Å². The van der Waals surface area contributed by atoms with Gasteiger partial charge in [0.15, 0.2) is 5.17 Å². The van der Waals surface area contributed by atoms with Crippen molar-refractivity contribution in [3.05, 3.63) is 0 Å². The Balaban J connectivity index is 3.85. The van der Waals surface area contributed by atoms with Crippen LogP contribution in [0.5, 0.6) is 0 Å². The molecule has 0 saturated heterocycles. The fourth-order valence-corrected chi connectivity index (χ4v) is 0.626. The zero-order valence-electron chi connectivity index (χ0n) is 4.43. The Morgan fingerprint density at radius 1 is 1.60 bits per heavy atom. The Bertz CT molecular complexity index is 176. The standard InChI is InChI=1S/C2H2Cl4NO2P/c3-1-2(4)7-9-10(5,6)8/h1H2. The van der Waals surface area contributed by atoms with Crippen LogP contribution in [0.1, 0.15) is 0 Å². The van der Waals surface area contributed by atoms with Crippen LogP contribution < -0.4 is 0 Å². The van der Waals surface area contributed by atoms with E-state index in [-0.39, 0.29) is 11.1 Å². The van der Waals surface area contributed by atoms with Crippen LogP contribution in [0.3, 0.4) is 0 Å². The Hall–Kier alpha value is 0.860. The first-order valence-electron chi connectivity index (χ1n) is 1.92. The van der Waals surface area contributed by atoms with Gasteiger partial charge in [-0.3, -0.25) is 0 Å². The summed E-state index contributed by atoms with van der Waals surface area (Å²) in [4.78, 5) is 0. The lowest BCUT2D eigenvalue weighted by molar-refractivity contribution is 0.358. The van der Waals surface area contributed by atoms with Crippen LogP contribution >= 0.6 is 51.8 Å². The average Bonchev–Trinajstić information content (AvgIpc) is 1.81. The smallest absolute Gasteiger partial charge is 0.310 e. The van der Waals surface area contributed by atoms with Gasteiger partial charge in [-0.1, -0.05) is 16.8 Å². The monoisotopic (exact) mass is 243 g/mol. The van der Waals surface area contributed by atoms with Gasteiger partial charge in [0.25, 0.3) is 0 Å². The highest BCUT2D eigenvalue weighted by atomic mass is 35.9. The highest BCUT2D eigenvalue weighted by molar-refractivity contribution is 8.05. The number of nitrogens with zero attached hydrogens (tertiary/aromatic N) is 1. The van der Waals surface area contributed by atoms with Gasteiger partial charge in [0.2, 0.25) is 0 Å². The molecule has 60 valence electrons. The van der Waals surface area contributed by atoms with E-state index in [2.05, 4.69) is 9.78 Å². The molecule has 0 aromatic rings. The molecule has 0 radical (unpaired) electrons. The molecule has 0 unspecified atom stereocenters. The lowest BCUT2D eigenvalue weighted by Gasteiger charge is -1.96. The molecule has 0 aliphatic carbocycles. The number of rotatable bonds is 3. The quantitative estimate of drug-likeness (QED) is 0.330. The minimum absolute atomic E-state index is 0.0463. The summed E-state index contributed by atoms with van der Waals surface area (Å²) in [6.45, 7) is 0. The second kappa shape index (κ2) is 4.68. The summed E-state index contributed by atoms with van der Waals surface area (Å²) in [5, 5.41) is 2.97. The van der Waals surface area contributed by atoms with Crippen LogP contribution in [-0.4, -0.2) is 11.1 Å². The van der Waals surface area contributed by atoms with Crippen molar-refractivity contribution in [2.75, 3.05) is 5.88 Å². The van der Waals surface area contributed by atoms with E-state index >= 15 is 0 Å². The molecule has 0 spiro atoms. The first-order chi connectivity index (χ1) is 4.45. The average molecular weight is 245 g/mol.